The van der Waals surface area contributed by atoms with Crippen LogP contribution >= 0.6 is 11.3 Å². The molecule has 3 unspecified atom stereocenters. The van der Waals surface area contributed by atoms with E-state index in [1.165, 1.54) is 9.75 Å². The number of hydrogen-bond donors (Lipinski definition) is 1. The van der Waals surface area contributed by atoms with E-state index >= 15 is 0 Å². The molecule has 1 aromatic rings. The highest BCUT2D eigenvalue weighted by Gasteiger charge is 2.59. The van der Waals surface area contributed by atoms with Crippen LogP contribution in [-0.2, 0) is 9.53 Å². The summed E-state index contributed by atoms with van der Waals surface area (Å²) in [6.07, 6.45) is 3.36. The van der Waals surface area contributed by atoms with Crippen molar-refractivity contribution in [3.8, 4) is 0 Å². The number of hydrogen-bond acceptors (Lipinski definition) is 4. The molecule has 4 nitrogen and oxygen atoms in total. The molecule has 1 N–H and O–H groups in total. The lowest BCUT2D eigenvalue weighted by Gasteiger charge is -2.27. The van der Waals surface area contributed by atoms with E-state index in [1.807, 2.05) is 0 Å². The van der Waals surface area contributed by atoms with Crippen LogP contribution in [0.1, 0.15) is 42.1 Å². The molecule has 5 heteroatoms. The van der Waals surface area contributed by atoms with Crippen LogP contribution in [0.5, 0.6) is 0 Å². The van der Waals surface area contributed by atoms with E-state index in [1.54, 1.807) is 11.3 Å². The Balaban J connectivity index is 1.59. The van der Waals surface area contributed by atoms with Gasteiger partial charge in [-0.2, -0.15) is 0 Å². The van der Waals surface area contributed by atoms with Gasteiger partial charge >= 0.3 is 0 Å². The Morgan fingerprint density at radius 2 is 2.29 bits per heavy atom. The average molecular weight is 306 g/mol. The summed E-state index contributed by atoms with van der Waals surface area (Å²) >= 11 is 1.79. The maximum atomic E-state index is 12.8. The fourth-order valence-electron chi connectivity index (χ4n) is 3.56. The van der Waals surface area contributed by atoms with Crippen molar-refractivity contribution in [2.24, 2.45) is 5.92 Å². The lowest BCUT2D eigenvalue weighted by molar-refractivity contribution is -0.131. The van der Waals surface area contributed by atoms with Crippen molar-refractivity contribution >= 4 is 17.2 Å². The van der Waals surface area contributed by atoms with E-state index in [2.05, 4.69) is 36.2 Å². The van der Waals surface area contributed by atoms with Gasteiger partial charge in [-0.3, -0.25) is 10.1 Å². The molecule has 3 heterocycles. The minimum Gasteiger partial charge on any atom is -0.378 e. The second-order valence-corrected chi connectivity index (χ2v) is 7.98. The zero-order valence-electron chi connectivity index (χ0n) is 12.6. The molecule has 3 atom stereocenters. The Morgan fingerprint density at radius 1 is 1.48 bits per heavy atom. The van der Waals surface area contributed by atoms with Crippen molar-refractivity contribution in [3.63, 3.8) is 0 Å². The second kappa shape index (κ2) is 4.80. The van der Waals surface area contributed by atoms with Gasteiger partial charge in [-0.1, -0.05) is 0 Å². The molecule has 3 aliphatic rings. The van der Waals surface area contributed by atoms with Crippen LogP contribution in [0.4, 0.5) is 0 Å². The van der Waals surface area contributed by atoms with Gasteiger partial charge in [0.2, 0.25) is 5.91 Å². The van der Waals surface area contributed by atoms with Crippen molar-refractivity contribution in [1.82, 2.24) is 10.2 Å². The number of nitrogens with zero attached hydrogens (tertiary/aromatic N) is 1. The zero-order valence-corrected chi connectivity index (χ0v) is 13.4. The Hall–Kier alpha value is -0.910. The lowest BCUT2D eigenvalue weighted by Crippen LogP contribution is -2.37. The first-order chi connectivity index (χ1) is 10.1. The molecule has 1 spiro atoms. The van der Waals surface area contributed by atoms with Crippen LogP contribution in [0.2, 0.25) is 0 Å². The number of thiophene rings is 1. The van der Waals surface area contributed by atoms with Crippen LogP contribution < -0.4 is 5.32 Å². The van der Waals surface area contributed by atoms with Crippen molar-refractivity contribution in [3.05, 3.63) is 21.9 Å². The third-order valence-electron chi connectivity index (χ3n) is 5.14. The first kappa shape index (κ1) is 13.7. The topological polar surface area (TPSA) is 41.6 Å². The summed E-state index contributed by atoms with van der Waals surface area (Å²) in [5.41, 5.74) is -0.245. The highest BCUT2D eigenvalue weighted by molar-refractivity contribution is 7.12. The van der Waals surface area contributed by atoms with E-state index in [0.29, 0.717) is 11.8 Å². The molecule has 2 saturated heterocycles. The molecule has 0 radical (unpaired) electrons. The molecular weight excluding hydrogens is 284 g/mol. The summed E-state index contributed by atoms with van der Waals surface area (Å²) in [4.78, 5) is 17.4. The van der Waals surface area contributed by atoms with E-state index in [9.17, 15) is 4.79 Å². The summed E-state index contributed by atoms with van der Waals surface area (Å²) in [6.45, 7) is 5.89. The molecule has 1 saturated carbocycles. The quantitative estimate of drug-likeness (QED) is 0.932. The third kappa shape index (κ3) is 2.22. The summed E-state index contributed by atoms with van der Waals surface area (Å²) < 4.78 is 5.67. The van der Waals surface area contributed by atoms with Gasteiger partial charge in [0.15, 0.2) is 0 Å². The van der Waals surface area contributed by atoms with Gasteiger partial charge < -0.3 is 9.64 Å². The first-order valence-electron chi connectivity index (χ1n) is 7.86. The normalized spacial score (nSPS) is 34.1. The van der Waals surface area contributed by atoms with Crippen molar-refractivity contribution < 1.29 is 9.53 Å². The van der Waals surface area contributed by atoms with Crippen LogP contribution in [0.3, 0.4) is 0 Å². The van der Waals surface area contributed by atoms with E-state index < -0.39 is 0 Å². The number of nitrogens with one attached hydrogen (secondary N) is 1. The van der Waals surface area contributed by atoms with Gasteiger partial charge in [0.05, 0.1) is 6.10 Å². The number of carbonyl (C=O) groups excluding carboxylic acids is 1. The Morgan fingerprint density at radius 3 is 2.86 bits per heavy atom. The SMILES string of the molecule is Cc1ccc(C2NC3(CC3)C(=O)N2CC2CCOC2C)s1. The molecule has 1 aromatic heterocycles. The Labute approximate surface area is 129 Å². The summed E-state index contributed by atoms with van der Waals surface area (Å²) in [7, 11) is 0. The molecule has 0 aromatic carbocycles. The second-order valence-electron chi connectivity index (χ2n) is 6.66. The first-order valence-corrected chi connectivity index (χ1v) is 8.67. The number of amides is 1. The van der Waals surface area contributed by atoms with Crippen LogP contribution in [0.25, 0.3) is 0 Å². The van der Waals surface area contributed by atoms with Gasteiger partial charge in [-0.05, 0) is 45.2 Å². The largest absolute Gasteiger partial charge is 0.378 e. The Kier molecular flexibility index (Phi) is 3.14. The maximum absolute atomic E-state index is 12.8. The molecule has 0 bridgehead atoms. The summed E-state index contributed by atoms with van der Waals surface area (Å²) in [6, 6.07) is 4.30. The van der Waals surface area contributed by atoms with E-state index in [4.69, 9.17) is 4.74 Å². The van der Waals surface area contributed by atoms with Crippen molar-refractivity contribution in [2.75, 3.05) is 13.2 Å². The monoisotopic (exact) mass is 306 g/mol. The standard InChI is InChI=1S/C16H22N2O2S/c1-10-3-4-13(21-10)14-17-16(6-7-16)15(19)18(14)9-12-5-8-20-11(12)2/h3-4,11-12,14,17H,5-9H2,1-2H3. The molecule has 21 heavy (non-hydrogen) atoms. The van der Waals surface area contributed by atoms with Crippen LogP contribution in [0.15, 0.2) is 12.1 Å². The van der Waals surface area contributed by atoms with Crippen LogP contribution in [-0.4, -0.2) is 35.6 Å². The molecule has 3 fully saturated rings. The average Bonchev–Trinajstić information content (AvgIpc) is 2.80. The molecular formula is C16H22N2O2S. The summed E-state index contributed by atoms with van der Waals surface area (Å²) in [5, 5.41) is 3.61. The van der Waals surface area contributed by atoms with Crippen LogP contribution in [0, 0.1) is 12.8 Å². The molecule has 114 valence electrons. The van der Waals surface area contributed by atoms with Crippen molar-refractivity contribution in [1.29, 1.82) is 0 Å². The van der Waals surface area contributed by atoms with Gasteiger partial charge in [-0.25, -0.2) is 0 Å². The highest BCUT2D eigenvalue weighted by atomic mass is 32.1. The number of aryl methyl sites for hydroxylation is 1. The lowest BCUT2D eigenvalue weighted by atomic mass is 10.0. The fraction of sp³-hybridized carbons (Fsp3) is 0.688. The smallest absolute Gasteiger partial charge is 0.244 e. The van der Waals surface area contributed by atoms with Gasteiger partial charge in [0.25, 0.3) is 0 Å². The molecule has 1 aliphatic carbocycles. The van der Waals surface area contributed by atoms with E-state index in [-0.39, 0.29) is 17.8 Å². The van der Waals surface area contributed by atoms with Crippen molar-refractivity contribution in [2.45, 2.75) is 50.9 Å². The predicted molar refractivity (Wildman–Crippen MR) is 82.1 cm³/mol. The fourth-order valence-corrected chi connectivity index (χ4v) is 4.50. The third-order valence-corrected chi connectivity index (χ3v) is 6.19. The number of ether oxygens (including phenoxy) is 1. The maximum Gasteiger partial charge on any atom is 0.244 e. The highest BCUT2D eigenvalue weighted by Crippen LogP contribution is 2.47. The zero-order chi connectivity index (χ0) is 14.6. The van der Waals surface area contributed by atoms with E-state index in [0.717, 1.165) is 32.4 Å². The number of carbonyl (C=O) groups is 1. The minimum atomic E-state index is -0.245. The molecule has 1 amide bonds. The van der Waals surface area contributed by atoms with Gasteiger partial charge in [0.1, 0.15) is 11.7 Å². The van der Waals surface area contributed by atoms with Gasteiger partial charge in [-0.15, -0.1) is 11.3 Å². The van der Waals surface area contributed by atoms with Gasteiger partial charge in [0, 0.05) is 28.8 Å². The Bertz CT molecular complexity index is 566. The number of rotatable bonds is 3. The summed E-state index contributed by atoms with van der Waals surface area (Å²) in [5.74, 6) is 0.769. The minimum absolute atomic E-state index is 0.0616. The molecule has 2 aliphatic heterocycles. The predicted octanol–water partition coefficient (Wildman–Crippen LogP) is 2.44. The molecule has 4 rings (SSSR count).